The zero-order valence-electron chi connectivity index (χ0n) is 9.99. The highest BCUT2D eigenvalue weighted by atomic mass is 16.3. The number of piperidine rings is 1. The number of hydrogen-bond donors (Lipinski definition) is 1. The third kappa shape index (κ3) is 2.94. The Labute approximate surface area is 93.7 Å². The molecule has 1 atom stereocenters. The van der Waals surface area contributed by atoms with Gasteiger partial charge >= 0.3 is 0 Å². The highest BCUT2D eigenvalue weighted by Gasteiger charge is 2.27. The van der Waals surface area contributed by atoms with Crippen LogP contribution in [0.25, 0.3) is 0 Å². The van der Waals surface area contributed by atoms with Crippen molar-refractivity contribution in [3.05, 3.63) is 0 Å². The molecule has 0 radical (unpaired) electrons. The molecule has 2 heteroatoms. The molecule has 1 saturated carbocycles. The molecule has 15 heavy (non-hydrogen) atoms. The summed E-state index contributed by atoms with van der Waals surface area (Å²) in [6.07, 6.45) is 9.45. The van der Waals surface area contributed by atoms with Crippen LogP contribution in [0.4, 0.5) is 0 Å². The molecule has 2 rings (SSSR count). The summed E-state index contributed by atoms with van der Waals surface area (Å²) in [5.41, 5.74) is 0. The van der Waals surface area contributed by atoms with Gasteiger partial charge in [0.25, 0.3) is 0 Å². The quantitative estimate of drug-likeness (QED) is 0.758. The van der Waals surface area contributed by atoms with Gasteiger partial charge in [-0.2, -0.15) is 0 Å². The summed E-state index contributed by atoms with van der Waals surface area (Å²) in [6, 6.07) is 0.869. The number of hydrogen-bond acceptors (Lipinski definition) is 2. The molecule has 0 aromatic carbocycles. The first kappa shape index (κ1) is 11.4. The van der Waals surface area contributed by atoms with E-state index in [1.165, 1.54) is 58.0 Å². The van der Waals surface area contributed by atoms with Crippen molar-refractivity contribution in [1.82, 2.24) is 4.90 Å². The Balaban J connectivity index is 1.77. The van der Waals surface area contributed by atoms with Crippen LogP contribution in [0.5, 0.6) is 0 Å². The maximum absolute atomic E-state index is 9.56. The smallest absolute Gasteiger partial charge is 0.0541 e. The lowest BCUT2D eigenvalue weighted by Crippen LogP contribution is -2.43. The van der Waals surface area contributed by atoms with E-state index in [-0.39, 0.29) is 6.10 Å². The van der Waals surface area contributed by atoms with Crippen molar-refractivity contribution in [2.24, 2.45) is 5.92 Å². The number of aliphatic hydroxyl groups excluding tert-OH is 1. The van der Waals surface area contributed by atoms with Crippen molar-refractivity contribution in [1.29, 1.82) is 0 Å². The Bertz CT molecular complexity index is 179. The number of likely N-dealkylation sites (tertiary alicyclic amines) is 1. The third-order valence-electron chi connectivity index (χ3n) is 4.35. The summed E-state index contributed by atoms with van der Waals surface area (Å²) in [5.74, 6) is 0.560. The second kappa shape index (κ2) is 5.31. The molecule has 1 aliphatic heterocycles. The highest BCUT2D eigenvalue weighted by Crippen LogP contribution is 2.28. The summed E-state index contributed by atoms with van der Waals surface area (Å²) >= 11 is 0. The maximum Gasteiger partial charge on any atom is 0.0541 e. The van der Waals surface area contributed by atoms with Crippen LogP contribution in [0.1, 0.15) is 51.9 Å². The molecule has 88 valence electrons. The summed E-state index contributed by atoms with van der Waals surface area (Å²) < 4.78 is 0. The van der Waals surface area contributed by atoms with E-state index in [1.807, 2.05) is 6.92 Å². The predicted octanol–water partition coefficient (Wildman–Crippen LogP) is 2.41. The molecule has 1 aliphatic carbocycles. The fourth-order valence-electron chi connectivity index (χ4n) is 3.21. The van der Waals surface area contributed by atoms with Crippen molar-refractivity contribution in [2.75, 3.05) is 13.1 Å². The van der Waals surface area contributed by atoms with E-state index in [4.69, 9.17) is 0 Å². The molecule has 1 N–H and O–H groups in total. The summed E-state index contributed by atoms with van der Waals surface area (Å²) in [4.78, 5) is 2.68. The average Bonchev–Trinajstić information content (AvgIpc) is 2.30. The first-order valence-electron chi connectivity index (χ1n) is 6.69. The predicted molar refractivity (Wildman–Crippen MR) is 62.9 cm³/mol. The van der Waals surface area contributed by atoms with Crippen molar-refractivity contribution >= 4 is 0 Å². The number of rotatable bonds is 2. The first-order chi connectivity index (χ1) is 7.27. The average molecular weight is 211 g/mol. The molecule has 1 saturated heterocycles. The second-order valence-corrected chi connectivity index (χ2v) is 5.41. The van der Waals surface area contributed by atoms with Crippen LogP contribution >= 0.6 is 0 Å². The molecule has 0 aromatic heterocycles. The summed E-state index contributed by atoms with van der Waals surface area (Å²) in [6.45, 7) is 4.39. The van der Waals surface area contributed by atoms with Crippen LogP contribution in [0, 0.1) is 5.92 Å². The van der Waals surface area contributed by atoms with Crippen LogP contribution in [0.2, 0.25) is 0 Å². The Morgan fingerprint density at radius 2 is 1.60 bits per heavy atom. The lowest BCUT2D eigenvalue weighted by atomic mass is 9.88. The molecule has 2 fully saturated rings. The minimum absolute atomic E-state index is 0.0986. The molecule has 1 unspecified atom stereocenters. The van der Waals surface area contributed by atoms with Crippen molar-refractivity contribution in [3.8, 4) is 0 Å². The Kier molecular flexibility index (Phi) is 4.04. The second-order valence-electron chi connectivity index (χ2n) is 5.41. The van der Waals surface area contributed by atoms with Crippen LogP contribution in [0.15, 0.2) is 0 Å². The van der Waals surface area contributed by atoms with Crippen molar-refractivity contribution < 1.29 is 5.11 Å². The lowest BCUT2D eigenvalue weighted by Gasteiger charge is -2.40. The van der Waals surface area contributed by atoms with Gasteiger partial charge in [0.1, 0.15) is 0 Å². The molecule has 0 bridgehead atoms. The van der Waals surface area contributed by atoms with E-state index in [9.17, 15) is 5.11 Å². The van der Waals surface area contributed by atoms with E-state index in [2.05, 4.69) is 4.90 Å². The monoisotopic (exact) mass is 211 g/mol. The third-order valence-corrected chi connectivity index (χ3v) is 4.35. The highest BCUT2D eigenvalue weighted by molar-refractivity contribution is 4.82. The largest absolute Gasteiger partial charge is 0.393 e. The Morgan fingerprint density at radius 3 is 2.13 bits per heavy atom. The van der Waals surface area contributed by atoms with Gasteiger partial charge in [-0.05, 0) is 51.6 Å². The molecule has 2 nitrogen and oxygen atoms in total. The van der Waals surface area contributed by atoms with E-state index < -0.39 is 0 Å². The van der Waals surface area contributed by atoms with E-state index >= 15 is 0 Å². The molecule has 2 aliphatic rings. The van der Waals surface area contributed by atoms with Crippen LogP contribution in [-0.2, 0) is 0 Å². The van der Waals surface area contributed by atoms with Gasteiger partial charge in [0.2, 0.25) is 0 Å². The molecule has 0 aromatic rings. The summed E-state index contributed by atoms with van der Waals surface area (Å²) in [7, 11) is 0. The van der Waals surface area contributed by atoms with E-state index in [0.29, 0.717) is 5.92 Å². The fraction of sp³-hybridized carbons (Fsp3) is 1.00. The number of nitrogens with zero attached hydrogens (tertiary/aromatic N) is 1. The molecule has 1 heterocycles. The normalized spacial score (nSPS) is 29.2. The van der Waals surface area contributed by atoms with Gasteiger partial charge in [-0.3, -0.25) is 0 Å². The Hall–Kier alpha value is -0.0800. The van der Waals surface area contributed by atoms with Crippen LogP contribution in [-0.4, -0.2) is 35.2 Å². The zero-order valence-corrected chi connectivity index (χ0v) is 9.99. The van der Waals surface area contributed by atoms with Gasteiger partial charge in [-0.1, -0.05) is 19.3 Å². The van der Waals surface area contributed by atoms with E-state index in [1.54, 1.807) is 0 Å². The van der Waals surface area contributed by atoms with Crippen molar-refractivity contribution in [2.45, 2.75) is 64.0 Å². The molecule has 0 amide bonds. The van der Waals surface area contributed by atoms with Crippen LogP contribution in [0.3, 0.4) is 0 Å². The Morgan fingerprint density at radius 1 is 1.00 bits per heavy atom. The van der Waals surface area contributed by atoms with Crippen LogP contribution < -0.4 is 0 Å². The minimum atomic E-state index is -0.0986. The maximum atomic E-state index is 9.56. The zero-order chi connectivity index (χ0) is 10.7. The lowest BCUT2D eigenvalue weighted by molar-refractivity contribution is 0.0475. The fourth-order valence-corrected chi connectivity index (χ4v) is 3.21. The van der Waals surface area contributed by atoms with E-state index in [0.717, 1.165) is 6.04 Å². The molecular weight excluding hydrogens is 186 g/mol. The SMILES string of the molecule is CC(O)C1CCN(C2CCCCC2)CC1. The first-order valence-corrected chi connectivity index (χ1v) is 6.69. The summed E-state index contributed by atoms with van der Waals surface area (Å²) in [5, 5.41) is 9.56. The number of aliphatic hydroxyl groups is 1. The minimum Gasteiger partial charge on any atom is -0.393 e. The molecule has 0 spiro atoms. The van der Waals surface area contributed by atoms with Gasteiger partial charge in [-0.15, -0.1) is 0 Å². The van der Waals surface area contributed by atoms with Crippen molar-refractivity contribution in [3.63, 3.8) is 0 Å². The van der Waals surface area contributed by atoms with Gasteiger partial charge in [0, 0.05) is 6.04 Å². The van der Waals surface area contributed by atoms with Gasteiger partial charge in [-0.25, -0.2) is 0 Å². The molecular formula is C13H25NO. The van der Waals surface area contributed by atoms with Gasteiger partial charge in [0.05, 0.1) is 6.10 Å². The topological polar surface area (TPSA) is 23.5 Å². The van der Waals surface area contributed by atoms with Gasteiger partial charge in [0.15, 0.2) is 0 Å². The van der Waals surface area contributed by atoms with Gasteiger partial charge < -0.3 is 10.0 Å². The standard InChI is InChI=1S/C13H25NO/c1-11(15)12-7-9-14(10-8-12)13-5-3-2-4-6-13/h11-13,15H,2-10H2,1H3.